The van der Waals surface area contributed by atoms with E-state index in [1.54, 1.807) is 0 Å². The van der Waals surface area contributed by atoms with E-state index in [-0.39, 0.29) is 0 Å². The summed E-state index contributed by atoms with van der Waals surface area (Å²) in [4.78, 5) is 4.62. The van der Waals surface area contributed by atoms with Crippen molar-refractivity contribution in [2.75, 3.05) is 9.80 Å². The maximum absolute atomic E-state index is 10.6. The average Bonchev–Trinajstić information content (AvgIpc) is 3.72. The van der Waals surface area contributed by atoms with E-state index in [0.29, 0.717) is 34.1 Å². The monoisotopic (exact) mass is 849 g/mol. The van der Waals surface area contributed by atoms with Crippen molar-refractivity contribution in [3.05, 3.63) is 217 Å². The number of nitrogens with zero attached hydrogens (tertiary/aromatic N) is 5. The van der Waals surface area contributed by atoms with E-state index in [1.165, 1.54) is 0 Å². The van der Waals surface area contributed by atoms with Crippen molar-refractivity contribution >= 4 is 55.9 Å². The van der Waals surface area contributed by atoms with Gasteiger partial charge in [-0.15, -0.1) is 0 Å². The second-order valence-corrected chi connectivity index (χ2v) is 17.1. The molecule has 0 amide bonds. The molecule has 0 radical (unpaired) electrons. The van der Waals surface area contributed by atoms with Crippen molar-refractivity contribution in [1.82, 2.24) is 4.57 Å². The highest BCUT2D eigenvalue weighted by Gasteiger charge is 2.40. The van der Waals surface area contributed by atoms with Crippen LogP contribution >= 0.6 is 0 Å². The van der Waals surface area contributed by atoms with Crippen molar-refractivity contribution in [3.63, 3.8) is 0 Å². The quantitative estimate of drug-likeness (QED) is 0.166. The number of nitriles is 2. The molecule has 7 nitrogen and oxygen atoms in total. The maximum atomic E-state index is 10.6. The Bertz CT molecular complexity index is 3380. The molecule has 66 heavy (non-hydrogen) atoms. The molecule has 10 aromatic rings. The van der Waals surface area contributed by atoms with Crippen molar-refractivity contribution < 1.29 is 9.47 Å². The molecule has 0 fully saturated rings. The van der Waals surface area contributed by atoms with Gasteiger partial charge in [0.2, 0.25) is 0 Å². The van der Waals surface area contributed by atoms with E-state index in [2.05, 4.69) is 131 Å². The van der Waals surface area contributed by atoms with Crippen LogP contribution in [0.15, 0.2) is 200 Å². The lowest BCUT2D eigenvalue weighted by Crippen LogP contribution is -2.31. The molecule has 7 heteroatoms. The van der Waals surface area contributed by atoms with Gasteiger partial charge >= 0.3 is 0 Å². The van der Waals surface area contributed by atoms with Crippen molar-refractivity contribution in [2.24, 2.45) is 0 Å². The van der Waals surface area contributed by atoms with Crippen LogP contribution in [-0.4, -0.2) is 4.57 Å². The lowest BCUT2D eigenvalue weighted by atomic mass is 9.78. The fourth-order valence-electron chi connectivity index (χ4n) is 10.3. The van der Waals surface area contributed by atoms with E-state index < -0.39 is 5.54 Å². The lowest BCUT2D eigenvalue weighted by molar-refractivity contribution is 0.467. The fourth-order valence-corrected chi connectivity index (χ4v) is 10.3. The zero-order valence-electron chi connectivity index (χ0n) is 36.1. The van der Waals surface area contributed by atoms with Crippen LogP contribution in [0.3, 0.4) is 0 Å². The highest BCUT2D eigenvalue weighted by Crippen LogP contribution is 2.61. The van der Waals surface area contributed by atoms with Crippen LogP contribution in [0.4, 0.5) is 34.1 Å². The molecular weight excluding hydrogens is 811 g/mol. The molecule has 1 aromatic heterocycles. The molecule has 0 aliphatic carbocycles. The smallest absolute Gasteiger partial charge is 0.151 e. The molecule has 9 aromatic carbocycles. The molecule has 0 N–H and O–H groups in total. The normalized spacial score (nSPS) is 12.5. The molecule has 2 aliphatic heterocycles. The lowest BCUT2D eigenvalue weighted by Gasteiger charge is -2.42. The summed E-state index contributed by atoms with van der Waals surface area (Å²) in [6, 6.07) is 72.8. The van der Waals surface area contributed by atoms with Gasteiger partial charge in [0.15, 0.2) is 23.0 Å². The Morgan fingerprint density at radius 3 is 1.15 bits per heavy atom. The molecule has 0 atom stereocenters. The van der Waals surface area contributed by atoms with Gasteiger partial charge in [0.25, 0.3) is 0 Å². The van der Waals surface area contributed by atoms with Gasteiger partial charge in [0.05, 0.1) is 62.9 Å². The third-order valence-corrected chi connectivity index (χ3v) is 12.9. The van der Waals surface area contributed by atoms with Crippen LogP contribution in [0.5, 0.6) is 23.0 Å². The first-order valence-corrected chi connectivity index (χ1v) is 22.0. The minimum atomic E-state index is -0.861. The number of anilines is 6. The molecule has 0 saturated heterocycles. The summed E-state index contributed by atoms with van der Waals surface area (Å²) in [5, 5.41) is 23.4. The van der Waals surface area contributed by atoms with Gasteiger partial charge in [-0.05, 0) is 122 Å². The predicted octanol–water partition coefficient (Wildman–Crippen LogP) is 15.8. The summed E-state index contributed by atoms with van der Waals surface area (Å²) in [7, 11) is 0. The fraction of sp³-hybridized carbons (Fsp3) is 0.0508. The van der Waals surface area contributed by atoms with Crippen molar-refractivity contribution in [3.8, 4) is 57.4 Å². The number of ether oxygens (including phenoxy) is 2. The number of para-hydroxylation sites is 10. The van der Waals surface area contributed by atoms with Gasteiger partial charge in [-0.2, -0.15) is 10.5 Å². The zero-order chi connectivity index (χ0) is 44.5. The summed E-state index contributed by atoms with van der Waals surface area (Å²) in [5.41, 5.74) is 12.1. The van der Waals surface area contributed by atoms with E-state index in [9.17, 15) is 10.5 Å². The third-order valence-electron chi connectivity index (χ3n) is 12.9. The van der Waals surface area contributed by atoms with Crippen LogP contribution in [-0.2, 0) is 5.54 Å². The SMILES string of the molecule is CC(C)(c1c(-c2cccc(C#N)c2)c(N2c3ccccc3Oc3ccccc32)cc(N2c3ccccc3Oc3ccccc32)c1-c1cccc(C#N)c1)n1c2ccccc2c2ccccc21. The van der Waals surface area contributed by atoms with Crippen LogP contribution in [0, 0.1) is 22.7 Å². The van der Waals surface area contributed by atoms with Gasteiger partial charge < -0.3 is 23.8 Å². The maximum Gasteiger partial charge on any atom is 0.151 e. The van der Waals surface area contributed by atoms with E-state index in [4.69, 9.17) is 9.47 Å². The van der Waals surface area contributed by atoms with Gasteiger partial charge in [-0.25, -0.2) is 0 Å². The highest BCUT2D eigenvalue weighted by atomic mass is 16.5. The van der Waals surface area contributed by atoms with Crippen molar-refractivity contribution in [2.45, 2.75) is 19.4 Å². The Morgan fingerprint density at radius 1 is 0.394 bits per heavy atom. The molecule has 0 spiro atoms. The predicted molar refractivity (Wildman–Crippen MR) is 264 cm³/mol. The minimum Gasteiger partial charge on any atom is -0.453 e. The summed E-state index contributed by atoms with van der Waals surface area (Å²) in [6.07, 6.45) is 0. The zero-order valence-corrected chi connectivity index (χ0v) is 36.1. The molecule has 0 bridgehead atoms. The highest BCUT2D eigenvalue weighted by molar-refractivity contribution is 6.10. The summed E-state index contributed by atoms with van der Waals surface area (Å²) >= 11 is 0. The minimum absolute atomic E-state index is 0.537. The number of hydrogen-bond acceptors (Lipinski definition) is 6. The molecule has 3 heterocycles. The number of hydrogen-bond donors (Lipinski definition) is 0. The van der Waals surface area contributed by atoms with E-state index in [0.717, 1.165) is 83.7 Å². The van der Waals surface area contributed by atoms with Crippen LogP contribution in [0.25, 0.3) is 44.1 Å². The van der Waals surface area contributed by atoms with Gasteiger partial charge in [0, 0.05) is 32.9 Å². The average molecular weight is 850 g/mol. The van der Waals surface area contributed by atoms with Crippen molar-refractivity contribution in [1.29, 1.82) is 10.5 Å². The summed E-state index contributed by atoms with van der Waals surface area (Å²) < 4.78 is 15.8. The van der Waals surface area contributed by atoms with Gasteiger partial charge in [0.1, 0.15) is 0 Å². The molecule has 0 saturated carbocycles. The molecule has 12 rings (SSSR count). The molecule has 0 unspecified atom stereocenters. The van der Waals surface area contributed by atoms with Crippen LogP contribution in [0.1, 0.15) is 30.5 Å². The number of rotatable bonds is 6. The van der Waals surface area contributed by atoms with Gasteiger partial charge in [-0.1, -0.05) is 109 Å². The number of fused-ring (bicyclic) bond motifs is 7. The van der Waals surface area contributed by atoms with E-state index in [1.807, 2.05) is 109 Å². The van der Waals surface area contributed by atoms with Crippen LogP contribution < -0.4 is 19.3 Å². The number of benzene rings is 9. The topological polar surface area (TPSA) is 77.5 Å². The first kappa shape index (κ1) is 38.6. The molecule has 312 valence electrons. The van der Waals surface area contributed by atoms with Gasteiger partial charge in [-0.3, -0.25) is 0 Å². The Balaban J connectivity index is 1.35. The van der Waals surface area contributed by atoms with Crippen LogP contribution in [0.2, 0.25) is 0 Å². The Hall–Kier alpha value is -9.04. The molecular formula is C59H39N5O2. The summed E-state index contributed by atoms with van der Waals surface area (Å²) in [6.45, 7) is 4.60. The summed E-state index contributed by atoms with van der Waals surface area (Å²) in [5.74, 6) is 2.85. The largest absolute Gasteiger partial charge is 0.453 e. The molecule has 2 aliphatic rings. The second-order valence-electron chi connectivity index (χ2n) is 17.1. The first-order valence-electron chi connectivity index (χ1n) is 22.0. The second kappa shape index (κ2) is 15.1. The Labute approximate surface area is 382 Å². The number of aromatic nitrogens is 1. The first-order chi connectivity index (χ1) is 32.4. The Kier molecular flexibility index (Phi) is 8.81. The standard InChI is InChI=1S/C59H39N5O2/c1-59(2,64-44-23-5-3-21-42(44)43-22-4-6-24-45(43)64)58-56(40-19-15-17-38(33-40)36-60)50(62-46-25-7-11-29-52(46)65-53-30-12-8-26-47(53)62)35-51(57(58)41-20-16-18-39(34-41)37-61)63-48-27-9-13-31-54(48)66-55-32-14-10-28-49(55)63/h3-35H,1-2H3. The Morgan fingerprint density at radius 2 is 0.758 bits per heavy atom. The van der Waals surface area contributed by atoms with E-state index >= 15 is 0 Å². The third kappa shape index (κ3) is 5.88.